The first-order valence-electron chi connectivity index (χ1n) is 7.67. The van der Waals surface area contributed by atoms with E-state index in [1.165, 1.54) is 0 Å². The second kappa shape index (κ2) is 8.09. The van der Waals surface area contributed by atoms with Crippen LogP contribution in [-0.4, -0.2) is 17.4 Å². The first-order chi connectivity index (χ1) is 11.0. The highest BCUT2D eigenvalue weighted by atomic mass is 35.5. The molecule has 23 heavy (non-hydrogen) atoms. The fourth-order valence-corrected chi connectivity index (χ4v) is 2.49. The van der Waals surface area contributed by atoms with Crippen LogP contribution in [-0.2, 0) is 4.79 Å². The fourth-order valence-electron chi connectivity index (χ4n) is 2.37. The minimum absolute atomic E-state index is 0.0360. The van der Waals surface area contributed by atoms with E-state index in [-0.39, 0.29) is 18.5 Å². The number of hydrogen-bond donors (Lipinski definition) is 2. The second-order valence-corrected chi connectivity index (χ2v) is 6.28. The Hall–Kier alpha value is -1.91. The second-order valence-electron chi connectivity index (χ2n) is 5.87. The zero-order valence-electron chi connectivity index (χ0n) is 13.6. The molecule has 0 aliphatic carbocycles. The van der Waals surface area contributed by atoms with Gasteiger partial charge < -0.3 is 5.32 Å². The van der Waals surface area contributed by atoms with E-state index in [9.17, 15) is 4.79 Å². The molecule has 0 radical (unpaired) electrons. The van der Waals surface area contributed by atoms with Crippen molar-refractivity contribution in [2.75, 3.05) is 11.9 Å². The molecule has 1 unspecified atom stereocenters. The first-order valence-corrected chi connectivity index (χ1v) is 8.05. The lowest BCUT2D eigenvalue weighted by atomic mass is 10.0. The van der Waals surface area contributed by atoms with Crippen LogP contribution in [0.4, 0.5) is 5.69 Å². The van der Waals surface area contributed by atoms with Gasteiger partial charge in [0.05, 0.1) is 18.3 Å². The van der Waals surface area contributed by atoms with E-state index in [0.717, 1.165) is 16.9 Å². The van der Waals surface area contributed by atoms with Crippen LogP contribution >= 0.6 is 11.6 Å². The van der Waals surface area contributed by atoms with Crippen molar-refractivity contribution >= 4 is 23.2 Å². The molecule has 2 N–H and O–H groups in total. The Kier molecular flexibility index (Phi) is 6.13. The summed E-state index contributed by atoms with van der Waals surface area (Å²) in [5.41, 5.74) is 2.63. The SMILES string of the molecule is Cc1cc(NC(=O)CNC(c2ccccn2)C(C)C)ccc1Cl. The number of amides is 1. The van der Waals surface area contributed by atoms with Crippen LogP contribution < -0.4 is 10.6 Å². The molecule has 4 nitrogen and oxygen atoms in total. The molecule has 1 atom stereocenters. The Morgan fingerprint density at radius 1 is 1.26 bits per heavy atom. The largest absolute Gasteiger partial charge is 0.325 e. The van der Waals surface area contributed by atoms with Gasteiger partial charge in [0.2, 0.25) is 5.91 Å². The van der Waals surface area contributed by atoms with Gasteiger partial charge >= 0.3 is 0 Å². The zero-order chi connectivity index (χ0) is 16.8. The molecule has 0 saturated heterocycles. The van der Waals surface area contributed by atoms with Crippen molar-refractivity contribution in [2.45, 2.75) is 26.8 Å². The van der Waals surface area contributed by atoms with Gasteiger partial charge in [-0.25, -0.2) is 0 Å². The van der Waals surface area contributed by atoms with E-state index in [0.29, 0.717) is 10.9 Å². The van der Waals surface area contributed by atoms with Gasteiger partial charge in [0.25, 0.3) is 0 Å². The minimum atomic E-state index is -0.0895. The van der Waals surface area contributed by atoms with Crippen molar-refractivity contribution in [2.24, 2.45) is 5.92 Å². The quantitative estimate of drug-likeness (QED) is 0.842. The molecule has 2 rings (SSSR count). The van der Waals surface area contributed by atoms with Gasteiger partial charge in [0.15, 0.2) is 0 Å². The average molecular weight is 332 g/mol. The maximum absolute atomic E-state index is 12.1. The van der Waals surface area contributed by atoms with Crippen molar-refractivity contribution in [3.05, 3.63) is 58.9 Å². The predicted molar refractivity (Wildman–Crippen MR) is 94.6 cm³/mol. The molecule has 0 aliphatic rings. The molecule has 0 spiro atoms. The fraction of sp³-hybridized carbons (Fsp3) is 0.333. The lowest BCUT2D eigenvalue weighted by molar-refractivity contribution is -0.115. The van der Waals surface area contributed by atoms with E-state index in [1.807, 2.05) is 31.2 Å². The summed E-state index contributed by atoms with van der Waals surface area (Å²) in [6.07, 6.45) is 1.77. The van der Waals surface area contributed by atoms with Crippen LogP contribution in [0.5, 0.6) is 0 Å². The molecule has 1 aromatic carbocycles. The zero-order valence-corrected chi connectivity index (χ0v) is 14.4. The molecule has 0 aliphatic heterocycles. The van der Waals surface area contributed by atoms with E-state index in [4.69, 9.17) is 11.6 Å². The number of anilines is 1. The number of hydrogen-bond acceptors (Lipinski definition) is 3. The van der Waals surface area contributed by atoms with Gasteiger partial charge in [-0.2, -0.15) is 0 Å². The summed E-state index contributed by atoms with van der Waals surface area (Å²) >= 11 is 5.99. The molecule has 0 saturated carbocycles. The lowest BCUT2D eigenvalue weighted by Gasteiger charge is -2.21. The Labute approximate surface area is 142 Å². The number of pyridine rings is 1. The number of nitrogens with one attached hydrogen (secondary N) is 2. The van der Waals surface area contributed by atoms with Gasteiger partial charge in [-0.1, -0.05) is 31.5 Å². The van der Waals surface area contributed by atoms with Crippen molar-refractivity contribution < 1.29 is 4.79 Å². The number of halogens is 1. The number of benzene rings is 1. The normalized spacial score (nSPS) is 12.2. The molecule has 0 bridgehead atoms. The summed E-state index contributed by atoms with van der Waals surface area (Å²) < 4.78 is 0. The van der Waals surface area contributed by atoms with Gasteiger partial charge in [-0.15, -0.1) is 0 Å². The molecule has 0 fully saturated rings. The van der Waals surface area contributed by atoms with E-state index in [1.54, 1.807) is 18.3 Å². The van der Waals surface area contributed by atoms with Gasteiger partial charge in [0, 0.05) is 16.9 Å². The molecule has 1 heterocycles. The summed E-state index contributed by atoms with van der Waals surface area (Å²) in [6.45, 7) is 6.34. The third-order valence-corrected chi connectivity index (χ3v) is 4.02. The van der Waals surface area contributed by atoms with Crippen molar-refractivity contribution in [3.8, 4) is 0 Å². The third-order valence-electron chi connectivity index (χ3n) is 3.60. The highest BCUT2D eigenvalue weighted by molar-refractivity contribution is 6.31. The first kappa shape index (κ1) is 17.4. The van der Waals surface area contributed by atoms with Gasteiger partial charge in [0.1, 0.15) is 0 Å². The third kappa shape index (κ3) is 5.05. The highest BCUT2D eigenvalue weighted by Crippen LogP contribution is 2.20. The maximum atomic E-state index is 12.1. The minimum Gasteiger partial charge on any atom is -0.325 e. The van der Waals surface area contributed by atoms with Gasteiger partial charge in [-0.3, -0.25) is 15.1 Å². The summed E-state index contributed by atoms with van der Waals surface area (Å²) in [7, 11) is 0. The van der Waals surface area contributed by atoms with E-state index < -0.39 is 0 Å². The number of rotatable bonds is 6. The molecule has 1 aromatic heterocycles. The summed E-state index contributed by atoms with van der Waals surface area (Å²) in [6, 6.07) is 11.3. The molecular weight excluding hydrogens is 310 g/mol. The Morgan fingerprint density at radius 3 is 2.65 bits per heavy atom. The van der Waals surface area contributed by atoms with Crippen LogP contribution in [0.1, 0.15) is 31.1 Å². The molecule has 1 amide bonds. The Balaban J connectivity index is 1.95. The van der Waals surface area contributed by atoms with Crippen LogP contribution in [0, 0.1) is 12.8 Å². The van der Waals surface area contributed by atoms with Crippen molar-refractivity contribution in [3.63, 3.8) is 0 Å². The van der Waals surface area contributed by atoms with Crippen LogP contribution in [0.25, 0.3) is 0 Å². The Morgan fingerprint density at radius 2 is 2.04 bits per heavy atom. The summed E-state index contributed by atoms with van der Waals surface area (Å²) in [5, 5.41) is 6.85. The number of aryl methyl sites for hydroxylation is 1. The average Bonchev–Trinajstić information content (AvgIpc) is 2.52. The summed E-state index contributed by atoms with van der Waals surface area (Å²) in [4.78, 5) is 16.5. The molecule has 2 aromatic rings. The summed E-state index contributed by atoms with van der Waals surface area (Å²) in [5.74, 6) is 0.240. The van der Waals surface area contributed by atoms with E-state index >= 15 is 0 Å². The molecule has 122 valence electrons. The van der Waals surface area contributed by atoms with Crippen molar-refractivity contribution in [1.29, 1.82) is 0 Å². The van der Waals surface area contributed by atoms with Gasteiger partial charge in [-0.05, 0) is 48.7 Å². The maximum Gasteiger partial charge on any atom is 0.238 e. The van der Waals surface area contributed by atoms with Crippen LogP contribution in [0.2, 0.25) is 5.02 Å². The Bertz CT molecular complexity index is 659. The topological polar surface area (TPSA) is 54.0 Å². The lowest BCUT2D eigenvalue weighted by Crippen LogP contribution is -2.34. The number of nitrogens with zero attached hydrogens (tertiary/aromatic N) is 1. The number of carbonyl (C=O) groups is 1. The van der Waals surface area contributed by atoms with E-state index in [2.05, 4.69) is 29.5 Å². The van der Waals surface area contributed by atoms with Crippen molar-refractivity contribution in [1.82, 2.24) is 10.3 Å². The smallest absolute Gasteiger partial charge is 0.238 e. The molecular formula is C18H22ClN3O. The monoisotopic (exact) mass is 331 g/mol. The predicted octanol–water partition coefficient (Wildman–Crippen LogP) is 3.97. The number of aromatic nitrogens is 1. The van der Waals surface area contributed by atoms with Crippen LogP contribution in [0.15, 0.2) is 42.6 Å². The number of carbonyl (C=O) groups excluding carboxylic acids is 1. The van der Waals surface area contributed by atoms with Crippen LogP contribution in [0.3, 0.4) is 0 Å². The molecule has 5 heteroatoms. The standard InChI is InChI=1S/C18H22ClN3O/c1-12(2)18(16-6-4-5-9-20-16)21-11-17(23)22-14-7-8-15(19)13(3)10-14/h4-10,12,18,21H,11H2,1-3H3,(H,22,23). The highest BCUT2D eigenvalue weighted by Gasteiger charge is 2.17.